The Balaban J connectivity index is 2.43. The van der Waals surface area contributed by atoms with Crippen LogP contribution in [-0.4, -0.2) is 31.3 Å². The van der Waals surface area contributed by atoms with E-state index in [0.29, 0.717) is 37.8 Å². The zero-order valence-electron chi connectivity index (χ0n) is 12.6. The van der Waals surface area contributed by atoms with Crippen molar-refractivity contribution in [2.45, 2.75) is 33.7 Å². The van der Waals surface area contributed by atoms with Gasteiger partial charge in [-0.2, -0.15) is 0 Å². The van der Waals surface area contributed by atoms with Crippen molar-refractivity contribution >= 4 is 0 Å². The smallest absolute Gasteiger partial charge is 0.250 e. The van der Waals surface area contributed by atoms with Gasteiger partial charge in [0, 0.05) is 24.9 Å². The molecule has 0 fully saturated rings. The van der Waals surface area contributed by atoms with Crippen LogP contribution in [0, 0.1) is 11.7 Å². The van der Waals surface area contributed by atoms with Gasteiger partial charge in [0.25, 0.3) is 5.88 Å². The summed E-state index contributed by atoms with van der Waals surface area (Å²) in [6.45, 7) is 9.05. The van der Waals surface area contributed by atoms with Crippen molar-refractivity contribution in [2.24, 2.45) is 5.92 Å². The molecule has 1 aromatic rings. The summed E-state index contributed by atoms with van der Waals surface area (Å²) >= 11 is 0. The van der Waals surface area contributed by atoms with E-state index in [-0.39, 0.29) is 11.7 Å². The van der Waals surface area contributed by atoms with Crippen molar-refractivity contribution < 1.29 is 13.9 Å². The first-order valence-corrected chi connectivity index (χ1v) is 7.19. The van der Waals surface area contributed by atoms with E-state index in [1.807, 2.05) is 6.92 Å². The van der Waals surface area contributed by atoms with Gasteiger partial charge in [0.2, 0.25) is 0 Å². The van der Waals surface area contributed by atoms with Gasteiger partial charge in [-0.05, 0) is 24.9 Å². The number of rotatable bonds is 10. The summed E-state index contributed by atoms with van der Waals surface area (Å²) in [6, 6.07) is 1.67. The molecule has 20 heavy (non-hydrogen) atoms. The zero-order valence-corrected chi connectivity index (χ0v) is 12.6. The van der Waals surface area contributed by atoms with Gasteiger partial charge in [-0.25, -0.2) is 9.37 Å². The monoisotopic (exact) mass is 284 g/mol. The lowest BCUT2D eigenvalue weighted by atomic mass is 10.2. The Morgan fingerprint density at radius 2 is 2.10 bits per heavy atom. The van der Waals surface area contributed by atoms with E-state index in [4.69, 9.17) is 9.47 Å². The Kier molecular flexibility index (Phi) is 8.14. The van der Waals surface area contributed by atoms with Crippen LogP contribution in [0.3, 0.4) is 0 Å². The van der Waals surface area contributed by atoms with Gasteiger partial charge < -0.3 is 14.8 Å². The van der Waals surface area contributed by atoms with Crippen LogP contribution in [0.25, 0.3) is 0 Å². The fourth-order valence-corrected chi connectivity index (χ4v) is 1.64. The highest BCUT2D eigenvalue weighted by atomic mass is 19.1. The molecule has 0 aliphatic carbocycles. The van der Waals surface area contributed by atoms with Gasteiger partial charge in [0.15, 0.2) is 5.82 Å². The summed E-state index contributed by atoms with van der Waals surface area (Å²) in [5.74, 6) is 0.194. The van der Waals surface area contributed by atoms with Crippen LogP contribution in [-0.2, 0) is 11.3 Å². The van der Waals surface area contributed by atoms with E-state index >= 15 is 0 Å². The summed E-state index contributed by atoms with van der Waals surface area (Å²) in [5.41, 5.74) is 0.574. The molecule has 0 saturated carbocycles. The number of pyridine rings is 1. The highest BCUT2D eigenvalue weighted by molar-refractivity contribution is 5.23. The topological polar surface area (TPSA) is 43.4 Å². The molecule has 1 heterocycles. The molecule has 0 aromatic carbocycles. The van der Waals surface area contributed by atoms with Crippen molar-refractivity contribution in [3.8, 4) is 5.88 Å². The molecular formula is C15H25FN2O2. The third-order valence-corrected chi connectivity index (χ3v) is 2.62. The highest BCUT2D eigenvalue weighted by Gasteiger charge is 2.10. The van der Waals surface area contributed by atoms with Gasteiger partial charge in [-0.1, -0.05) is 20.8 Å². The van der Waals surface area contributed by atoms with Gasteiger partial charge >= 0.3 is 0 Å². The maximum absolute atomic E-state index is 14.1. The first-order chi connectivity index (χ1) is 9.65. The number of nitrogens with one attached hydrogen (secondary N) is 1. The van der Waals surface area contributed by atoms with Crippen LogP contribution < -0.4 is 10.1 Å². The van der Waals surface area contributed by atoms with Crippen molar-refractivity contribution in [2.75, 3.05) is 26.4 Å². The quantitative estimate of drug-likeness (QED) is 0.671. The van der Waals surface area contributed by atoms with Crippen LogP contribution >= 0.6 is 0 Å². The average Bonchev–Trinajstić information content (AvgIpc) is 2.41. The number of ether oxygens (including phenoxy) is 2. The molecule has 1 aromatic heterocycles. The van der Waals surface area contributed by atoms with E-state index in [1.54, 1.807) is 12.3 Å². The minimum absolute atomic E-state index is 0.0499. The molecule has 0 spiro atoms. The predicted molar refractivity (Wildman–Crippen MR) is 77.3 cm³/mol. The Morgan fingerprint density at radius 3 is 2.80 bits per heavy atom. The summed E-state index contributed by atoms with van der Waals surface area (Å²) in [6.07, 6.45) is 2.53. The van der Waals surface area contributed by atoms with Crippen LogP contribution in [0.15, 0.2) is 12.3 Å². The van der Waals surface area contributed by atoms with Crippen LogP contribution in [0.2, 0.25) is 0 Å². The minimum Gasteiger partial charge on any atom is -0.473 e. The van der Waals surface area contributed by atoms with Gasteiger partial charge in [-0.3, -0.25) is 0 Å². The fraction of sp³-hybridized carbons (Fsp3) is 0.667. The van der Waals surface area contributed by atoms with Crippen LogP contribution in [0.4, 0.5) is 4.39 Å². The summed E-state index contributed by atoms with van der Waals surface area (Å²) in [5, 5.41) is 3.21. The molecule has 0 amide bonds. The lowest BCUT2D eigenvalue weighted by Gasteiger charge is -2.11. The molecule has 114 valence electrons. The lowest BCUT2D eigenvalue weighted by molar-refractivity contribution is 0.0973. The summed E-state index contributed by atoms with van der Waals surface area (Å²) in [4.78, 5) is 3.92. The molecule has 0 atom stereocenters. The normalized spacial score (nSPS) is 11.1. The summed E-state index contributed by atoms with van der Waals surface area (Å²) < 4.78 is 24.7. The van der Waals surface area contributed by atoms with Crippen molar-refractivity contribution in [1.82, 2.24) is 10.3 Å². The first-order valence-electron chi connectivity index (χ1n) is 7.19. The third-order valence-electron chi connectivity index (χ3n) is 2.62. The largest absolute Gasteiger partial charge is 0.473 e. The van der Waals surface area contributed by atoms with Gasteiger partial charge in [0.05, 0.1) is 6.61 Å². The standard InChI is InChI=1S/C15H25FN2O2/c1-4-7-19-8-9-20-15-14(16)13(5-6-18-15)11-17-10-12(2)3/h5-6,12,17H,4,7-11H2,1-3H3. The van der Waals surface area contributed by atoms with E-state index in [1.165, 1.54) is 0 Å². The summed E-state index contributed by atoms with van der Waals surface area (Å²) in [7, 11) is 0. The van der Waals surface area contributed by atoms with E-state index < -0.39 is 0 Å². The van der Waals surface area contributed by atoms with Crippen LogP contribution in [0.5, 0.6) is 5.88 Å². The van der Waals surface area contributed by atoms with Gasteiger partial charge in [0.1, 0.15) is 6.61 Å². The number of hydrogen-bond donors (Lipinski definition) is 1. The Labute approximate surface area is 120 Å². The molecule has 0 saturated heterocycles. The Morgan fingerprint density at radius 1 is 1.30 bits per heavy atom. The van der Waals surface area contributed by atoms with E-state index in [2.05, 4.69) is 24.1 Å². The SMILES string of the molecule is CCCOCCOc1nccc(CNCC(C)C)c1F. The molecule has 0 aliphatic rings. The van der Waals surface area contributed by atoms with Crippen LogP contribution in [0.1, 0.15) is 32.8 Å². The number of nitrogens with zero attached hydrogens (tertiary/aromatic N) is 1. The molecule has 0 aliphatic heterocycles. The number of aromatic nitrogens is 1. The lowest BCUT2D eigenvalue weighted by Crippen LogP contribution is -2.20. The molecule has 1 rings (SSSR count). The predicted octanol–water partition coefficient (Wildman–Crippen LogP) is 2.77. The van der Waals surface area contributed by atoms with Gasteiger partial charge in [-0.15, -0.1) is 0 Å². The molecule has 0 radical (unpaired) electrons. The second-order valence-electron chi connectivity index (χ2n) is 5.07. The van der Waals surface area contributed by atoms with E-state index in [0.717, 1.165) is 13.0 Å². The Hall–Kier alpha value is -1.20. The molecule has 5 heteroatoms. The number of halogens is 1. The second-order valence-corrected chi connectivity index (χ2v) is 5.07. The highest BCUT2D eigenvalue weighted by Crippen LogP contribution is 2.17. The maximum Gasteiger partial charge on any atom is 0.250 e. The second kappa shape index (κ2) is 9.66. The fourth-order valence-electron chi connectivity index (χ4n) is 1.64. The first kappa shape index (κ1) is 16.9. The zero-order chi connectivity index (χ0) is 14.8. The average molecular weight is 284 g/mol. The maximum atomic E-state index is 14.1. The molecular weight excluding hydrogens is 259 g/mol. The third kappa shape index (κ3) is 6.30. The number of hydrogen-bond acceptors (Lipinski definition) is 4. The van der Waals surface area contributed by atoms with Crippen molar-refractivity contribution in [3.63, 3.8) is 0 Å². The molecule has 0 unspecified atom stereocenters. The van der Waals surface area contributed by atoms with Crippen molar-refractivity contribution in [1.29, 1.82) is 0 Å². The minimum atomic E-state index is -0.390. The molecule has 1 N–H and O–H groups in total. The molecule has 0 bridgehead atoms. The Bertz CT molecular complexity index is 386. The van der Waals surface area contributed by atoms with Crippen molar-refractivity contribution in [3.05, 3.63) is 23.6 Å². The molecule has 4 nitrogen and oxygen atoms in total. The van der Waals surface area contributed by atoms with E-state index in [9.17, 15) is 4.39 Å².